The quantitative estimate of drug-likeness (QED) is 0.853. The van der Waals surface area contributed by atoms with Gasteiger partial charge in [0.1, 0.15) is 5.02 Å². The first kappa shape index (κ1) is 10.4. The molecule has 0 aromatic carbocycles. The maximum Gasteiger partial charge on any atom is 0.269 e. The minimum atomic E-state index is -0.00600. The summed E-state index contributed by atoms with van der Waals surface area (Å²) in [5, 5.41) is 3.70. The van der Waals surface area contributed by atoms with Gasteiger partial charge in [-0.25, -0.2) is 0 Å². The molecule has 0 saturated heterocycles. The highest BCUT2D eigenvalue weighted by atomic mass is 35.5. The SMILES string of the molecule is Cc1c2c(n(CC3CC3)c(=O)c1Cl)CNC2. The van der Waals surface area contributed by atoms with Crippen molar-refractivity contribution in [1.82, 2.24) is 9.88 Å². The first-order chi connectivity index (χ1) is 7.68. The largest absolute Gasteiger partial charge is 0.309 e. The van der Waals surface area contributed by atoms with E-state index in [0.29, 0.717) is 10.9 Å². The van der Waals surface area contributed by atoms with E-state index in [9.17, 15) is 4.79 Å². The number of hydrogen-bond acceptors (Lipinski definition) is 2. The van der Waals surface area contributed by atoms with E-state index in [1.807, 2.05) is 11.5 Å². The van der Waals surface area contributed by atoms with Crippen LogP contribution in [0.5, 0.6) is 0 Å². The lowest BCUT2D eigenvalue weighted by atomic mass is 10.1. The highest BCUT2D eigenvalue weighted by Gasteiger charge is 2.27. The Labute approximate surface area is 99.4 Å². The average molecular weight is 239 g/mol. The van der Waals surface area contributed by atoms with Crippen LogP contribution < -0.4 is 10.9 Å². The standard InChI is InChI=1S/C12H15ClN2O/c1-7-9-4-14-5-10(9)15(6-8-2-3-8)12(16)11(7)13/h8,14H,2-6H2,1H3. The van der Waals surface area contributed by atoms with Gasteiger partial charge < -0.3 is 9.88 Å². The molecule has 1 aromatic heterocycles. The van der Waals surface area contributed by atoms with Crippen molar-refractivity contribution in [3.63, 3.8) is 0 Å². The van der Waals surface area contributed by atoms with Gasteiger partial charge in [-0.05, 0) is 36.8 Å². The van der Waals surface area contributed by atoms with Crippen LogP contribution in [0.2, 0.25) is 5.02 Å². The van der Waals surface area contributed by atoms with Crippen molar-refractivity contribution in [3.05, 3.63) is 32.2 Å². The van der Waals surface area contributed by atoms with Crippen LogP contribution in [-0.2, 0) is 19.6 Å². The highest BCUT2D eigenvalue weighted by molar-refractivity contribution is 6.31. The molecule has 1 aliphatic heterocycles. The van der Waals surface area contributed by atoms with Gasteiger partial charge in [0, 0.05) is 25.3 Å². The van der Waals surface area contributed by atoms with Gasteiger partial charge >= 0.3 is 0 Å². The first-order valence-corrected chi connectivity index (χ1v) is 6.17. The van der Waals surface area contributed by atoms with E-state index in [0.717, 1.165) is 30.9 Å². The van der Waals surface area contributed by atoms with Crippen molar-refractivity contribution in [1.29, 1.82) is 0 Å². The Morgan fingerprint density at radius 3 is 2.88 bits per heavy atom. The van der Waals surface area contributed by atoms with Gasteiger partial charge in [0.05, 0.1) is 0 Å². The van der Waals surface area contributed by atoms with Gasteiger partial charge in [-0.15, -0.1) is 0 Å². The molecule has 1 saturated carbocycles. The molecule has 3 nitrogen and oxygen atoms in total. The lowest BCUT2D eigenvalue weighted by Crippen LogP contribution is -2.26. The molecule has 0 atom stereocenters. The molecule has 16 heavy (non-hydrogen) atoms. The molecule has 1 N–H and O–H groups in total. The number of aromatic nitrogens is 1. The Morgan fingerprint density at radius 1 is 1.44 bits per heavy atom. The minimum Gasteiger partial charge on any atom is -0.309 e. The molecule has 1 fully saturated rings. The van der Waals surface area contributed by atoms with Gasteiger partial charge in [-0.1, -0.05) is 11.6 Å². The molecular weight excluding hydrogens is 224 g/mol. The van der Waals surface area contributed by atoms with Crippen molar-refractivity contribution in [2.45, 2.75) is 39.4 Å². The Hall–Kier alpha value is -0.800. The summed E-state index contributed by atoms with van der Waals surface area (Å²) in [5.74, 6) is 0.696. The number of fused-ring (bicyclic) bond motifs is 1. The molecule has 0 radical (unpaired) electrons. The van der Waals surface area contributed by atoms with E-state index in [1.54, 1.807) is 0 Å². The van der Waals surface area contributed by atoms with Gasteiger partial charge in [0.25, 0.3) is 5.56 Å². The van der Waals surface area contributed by atoms with Crippen LogP contribution in [0.3, 0.4) is 0 Å². The number of nitrogens with zero attached hydrogens (tertiary/aromatic N) is 1. The third-order valence-electron chi connectivity index (χ3n) is 3.62. The van der Waals surface area contributed by atoms with Crippen LogP contribution in [0.1, 0.15) is 29.7 Å². The molecule has 2 heterocycles. The summed E-state index contributed by atoms with van der Waals surface area (Å²) in [5.41, 5.74) is 3.33. The fourth-order valence-corrected chi connectivity index (χ4v) is 2.62. The minimum absolute atomic E-state index is 0.00600. The van der Waals surface area contributed by atoms with Crippen LogP contribution in [0.4, 0.5) is 0 Å². The predicted molar refractivity (Wildman–Crippen MR) is 63.7 cm³/mol. The Morgan fingerprint density at radius 2 is 2.19 bits per heavy atom. The molecule has 3 rings (SSSR count). The maximum atomic E-state index is 12.1. The Kier molecular flexibility index (Phi) is 2.33. The molecule has 0 spiro atoms. The fourth-order valence-electron chi connectivity index (χ4n) is 2.41. The summed E-state index contributed by atoms with van der Waals surface area (Å²) in [4.78, 5) is 12.1. The van der Waals surface area contributed by atoms with Crippen molar-refractivity contribution in [3.8, 4) is 0 Å². The molecule has 0 amide bonds. The lowest BCUT2D eigenvalue weighted by molar-refractivity contribution is 0.576. The van der Waals surface area contributed by atoms with Crippen LogP contribution in [0.25, 0.3) is 0 Å². The lowest BCUT2D eigenvalue weighted by Gasteiger charge is -2.14. The molecule has 0 unspecified atom stereocenters. The second-order valence-corrected chi connectivity index (χ2v) is 5.20. The monoisotopic (exact) mass is 238 g/mol. The summed E-state index contributed by atoms with van der Waals surface area (Å²) in [6.07, 6.45) is 2.50. The first-order valence-electron chi connectivity index (χ1n) is 5.80. The molecule has 0 bridgehead atoms. The van der Waals surface area contributed by atoms with Crippen molar-refractivity contribution in [2.75, 3.05) is 0 Å². The van der Waals surface area contributed by atoms with E-state index in [1.165, 1.54) is 18.4 Å². The summed E-state index contributed by atoms with van der Waals surface area (Å²) < 4.78 is 1.89. The fraction of sp³-hybridized carbons (Fsp3) is 0.583. The number of nitrogens with one attached hydrogen (secondary N) is 1. The van der Waals surface area contributed by atoms with E-state index in [2.05, 4.69) is 5.32 Å². The molecule has 1 aromatic rings. The van der Waals surface area contributed by atoms with Crippen molar-refractivity contribution in [2.24, 2.45) is 5.92 Å². The number of pyridine rings is 1. The van der Waals surface area contributed by atoms with Gasteiger partial charge in [0.15, 0.2) is 0 Å². The van der Waals surface area contributed by atoms with E-state index < -0.39 is 0 Å². The topological polar surface area (TPSA) is 34.0 Å². The maximum absolute atomic E-state index is 12.1. The Bertz CT molecular complexity index is 503. The van der Waals surface area contributed by atoms with Crippen molar-refractivity contribution >= 4 is 11.6 Å². The predicted octanol–water partition coefficient (Wildman–Crippen LogP) is 1.82. The highest BCUT2D eigenvalue weighted by Crippen LogP contribution is 2.32. The number of rotatable bonds is 2. The number of halogens is 1. The summed E-state index contributed by atoms with van der Waals surface area (Å²) in [6, 6.07) is 0. The normalized spacial score (nSPS) is 18.9. The smallest absolute Gasteiger partial charge is 0.269 e. The zero-order chi connectivity index (χ0) is 11.3. The summed E-state index contributed by atoms with van der Waals surface area (Å²) in [7, 11) is 0. The molecule has 2 aliphatic rings. The third kappa shape index (κ3) is 1.50. The van der Waals surface area contributed by atoms with E-state index >= 15 is 0 Å². The van der Waals surface area contributed by atoms with Gasteiger partial charge in [-0.3, -0.25) is 4.79 Å². The summed E-state index contributed by atoms with van der Waals surface area (Å²) >= 11 is 6.11. The van der Waals surface area contributed by atoms with Gasteiger partial charge in [0.2, 0.25) is 0 Å². The van der Waals surface area contributed by atoms with Crippen molar-refractivity contribution < 1.29 is 0 Å². The molecule has 4 heteroatoms. The van der Waals surface area contributed by atoms with Crippen LogP contribution in [0.15, 0.2) is 4.79 Å². The average Bonchev–Trinajstić information content (AvgIpc) is 2.96. The Balaban J connectivity index is 2.18. The molecule has 86 valence electrons. The summed E-state index contributed by atoms with van der Waals surface area (Å²) in [6.45, 7) is 4.43. The molecular formula is C12H15ClN2O. The van der Waals surface area contributed by atoms with Crippen LogP contribution in [0, 0.1) is 12.8 Å². The van der Waals surface area contributed by atoms with E-state index in [-0.39, 0.29) is 5.56 Å². The van der Waals surface area contributed by atoms with E-state index in [4.69, 9.17) is 11.6 Å². The second kappa shape index (κ2) is 3.60. The van der Waals surface area contributed by atoms with Crippen LogP contribution in [-0.4, -0.2) is 4.57 Å². The third-order valence-corrected chi connectivity index (χ3v) is 4.07. The van der Waals surface area contributed by atoms with Gasteiger partial charge in [-0.2, -0.15) is 0 Å². The zero-order valence-corrected chi connectivity index (χ0v) is 10.1. The second-order valence-electron chi connectivity index (χ2n) is 4.83. The van der Waals surface area contributed by atoms with Crippen LogP contribution >= 0.6 is 11.6 Å². The molecule has 1 aliphatic carbocycles. The zero-order valence-electron chi connectivity index (χ0n) is 9.35. The number of hydrogen-bond donors (Lipinski definition) is 1.